The summed E-state index contributed by atoms with van der Waals surface area (Å²) in [5.41, 5.74) is 3.47. The van der Waals surface area contributed by atoms with Gasteiger partial charge >= 0.3 is 0 Å². The fourth-order valence-corrected chi connectivity index (χ4v) is 2.18. The van der Waals surface area contributed by atoms with Crippen LogP contribution in [0, 0.1) is 0 Å². The highest BCUT2D eigenvalue weighted by molar-refractivity contribution is 5.37. The van der Waals surface area contributed by atoms with Gasteiger partial charge < -0.3 is 9.47 Å². The molecule has 0 aromatic heterocycles. The third-order valence-corrected chi connectivity index (χ3v) is 3.07. The lowest BCUT2D eigenvalue weighted by atomic mass is 9.91. The maximum atomic E-state index is 5.80. The van der Waals surface area contributed by atoms with Crippen LogP contribution >= 0.6 is 0 Å². The van der Waals surface area contributed by atoms with Crippen molar-refractivity contribution in [2.24, 2.45) is 5.84 Å². The van der Waals surface area contributed by atoms with Gasteiger partial charge in [0.05, 0.1) is 18.2 Å². The summed E-state index contributed by atoms with van der Waals surface area (Å²) in [5, 5.41) is 0. The maximum absolute atomic E-state index is 5.80. The van der Waals surface area contributed by atoms with Gasteiger partial charge in [-0.05, 0) is 33.3 Å². The second-order valence-electron chi connectivity index (χ2n) is 5.02. The average Bonchev–Trinajstić information content (AvgIpc) is 2.38. The minimum Gasteiger partial charge on any atom is -0.493 e. The molecule has 1 aromatic carbocycles. The van der Waals surface area contributed by atoms with Crippen LogP contribution in [0.4, 0.5) is 0 Å². The Morgan fingerprint density at radius 2 is 1.95 bits per heavy atom. The fraction of sp³-hybridized carbons (Fsp3) is 0.600. The Kier molecular flexibility index (Phi) is 6.28. The van der Waals surface area contributed by atoms with E-state index in [-0.39, 0.29) is 6.04 Å². The first kappa shape index (κ1) is 16.0. The van der Waals surface area contributed by atoms with Crippen LogP contribution in [0.5, 0.6) is 5.75 Å². The van der Waals surface area contributed by atoms with Crippen LogP contribution in [0.25, 0.3) is 0 Å². The molecule has 0 bridgehead atoms. The summed E-state index contributed by atoms with van der Waals surface area (Å²) in [5.74, 6) is 6.59. The molecular weight excluding hydrogens is 240 g/mol. The third kappa shape index (κ3) is 4.20. The lowest BCUT2D eigenvalue weighted by Crippen LogP contribution is -2.44. The number of nitrogens with two attached hydrogens (primary N) is 1. The van der Waals surface area contributed by atoms with E-state index in [9.17, 15) is 0 Å². The second-order valence-corrected chi connectivity index (χ2v) is 5.02. The van der Waals surface area contributed by atoms with Gasteiger partial charge in [-0.25, -0.2) is 5.43 Å². The zero-order valence-electron chi connectivity index (χ0n) is 12.4. The van der Waals surface area contributed by atoms with Crippen LogP contribution in [0.2, 0.25) is 0 Å². The number of rotatable bonds is 8. The van der Waals surface area contributed by atoms with Crippen LogP contribution in [0.15, 0.2) is 24.3 Å². The molecule has 0 aliphatic carbocycles. The van der Waals surface area contributed by atoms with Gasteiger partial charge in [0.25, 0.3) is 0 Å². The first-order valence-electron chi connectivity index (χ1n) is 6.88. The number of hydrogen-bond donors (Lipinski definition) is 2. The highest BCUT2D eigenvalue weighted by Crippen LogP contribution is 2.34. The second kappa shape index (κ2) is 7.48. The van der Waals surface area contributed by atoms with Crippen LogP contribution in [0.3, 0.4) is 0 Å². The number of ether oxygens (including phenoxy) is 2. The molecule has 0 radical (unpaired) electrons. The van der Waals surface area contributed by atoms with E-state index < -0.39 is 5.60 Å². The zero-order valence-corrected chi connectivity index (χ0v) is 12.4. The van der Waals surface area contributed by atoms with Crippen molar-refractivity contribution in [3.63, 3.8) is 0 Å². The van der Waals surface area contributed by atoms with E-state index in [1.165, 1.54) is 0 Å². The largest absolute Gasteiger partial charge is 0.493 e. The predicted octanol–water partition coefficient (Wildman–Crippen LogP) is 2.79. The normalized spacial score (nSPS) is 13.3. The Morgan fingerprint density at radius 3 is 2.53 bits per heavy atom. The van der Waals surface area contributed by atoms with E-state index in [0.29, 0.717) is 13.2 Å². The molecule has 0 spiro atoms. The van der Waals surface area contributed by atoms with Crippen molar-refractivity contribution in [1.82, 2.24) is 5.43 Å². The van der Waals surface area contributed by atoms with Crippen molar-refractivity contribution in [2.45, 2.75) is 45.8 Å². The Morgan fingerprint density at radius 1 is 1.26 bits per heavy atom. The van der Waals surface area contributed by atoms with E-state index >= 15 is 0 Å². The Balaban J connectivity index is 3.03. The van der Waals surface area contributed by atoms with Crippen molar-refractivity contribution >= 4 is 0 Å². The molecule has 0 heterocycles. The Bertz CT molecular complexity index is 380. The number of hydrazine groups is 1. The van der Waals surface area contributed by atoms with Gasteiger partial charge in [-0.2, -0.15) is 0 Å². The van der Waals surface area contributed by atoms with Gasteiger partial charge in [-0.3, -0.25) is 5.84 Å². The Hall–Kier alpha value is -1.10. The van der Waals surface area contributed by atoms with Crippen LogP contribution in [0.1, 0.15) is 45.7 Å². The molecule has 1 unspecified atom stereocenters. The van der Waals surface area contributed by atoms with Crippen molar-refractivity contribution in [3.05, 3.63) is 29.8 Å². The molecule has 4 nitrogen and oxygen atoms in total. The van der Waals surface area contributed by atoms with Crippen LogP contribution in [-0.2, 0) is 4.74 Å². The van der Waals surface area contributed by atoms with Crippen LogP contribution in [-0.4, -0.2) is 18.8 Å². The Labute approximate surface area is 116 Å². The molecule has 4 heteroatoms. The highest BCUT2D eigenvalue weighted by Gasteiger charge is 2.32. The minimum absolute atomic E-state index is 0.125. The monoisotopic (exact) mass is 266 g/mol. The lowest BCUT2D eigenvalue weighted by molar-refractivity contribution is -0.0398. The fourth-order valence-electron chi connectivity index (χ4n) is 2.18. The van der Waals surface area contributed by atoms with E-state index in [2.05, 4.69) is 12.3 Å². The smallest absolute Gasteiger partial charge is 0.124 e. The molecule has 0 aliphatic rings. The van der Waals surface area contributed by atoms with Crippen molar-refractivity contribution in [1.29, 1.82) is 0 Å². The standard InChI is InChI=1S/C15H26N2O2/c1-5-11-18-13-10-8-7-9-12(13)14(17-16)15(3,4)19-6-2/h7-10,14,17H,5-6,11,16H2,1-4H3. The molecule has 0 amide bonds. The van der Waals surface area contributed by atoms with Gasteiger partial charge in [0.2, 0.25) is 0 Å². The quantitative estimate of drug-likeness (QED) is 0.561. The number of nitrogens with one attached hydrogen (secondary N) is 1. The molecule has 1 aromatic rings. The van der Waals surface area contributed by atoms with Gasteiger partial charge in [-0.1, -0.05) is 25.1 Å². The molecular formula is C15H26N2O2. The summed E-state index contributed by atoms with van der Waals surface area (Å²) in [6, 6.07) is 7.82. The van der Waals surface area contributed by atoms with Gasteiger partial charge in [-0.15, -0.1) is 0 Å². The summed E-state index contributed by atoms with van der Waals surface area (Å²) < 4.78 is 11.6. The summed E-state index contributed by atoms with van der Waals surface area (Å²) in [6.07, 6.45) is 0.976. The third-order valence-electron chi connectivity index (χ3n) is 3.07. The molecule has 108 valence electrons. The summed E-state index contributed by atoms with van der Waals surface area (Å²) >= 11 is 0. The topological polar surface area (TPSA) is 56.5 Å². The molecule has 0 saturated carbocycles. The molecule has 1 atom stereocenters. The maximum Gasteiger partial charge on any atom is 0.124 e. The summed E-state index contributed by atoms with van der Waals surface area (Å²) in [7, 11) is 0. The first-order valence-corrected chi connectivity index (χ1v) is 6.88. The van der Waals surface area contributed by atoms with Crippen molar-refractivity contribution < 1.29 is 9.47 Å². The van der Waals surface area contributed by atoms with E-state index in [1.54, 1.807) is 0 Å². The molecule has 3 N–H and O–H groups in total. The SMILES string of the molecule is CCCOc1ccccc1C(NN)C(C)(C)OCC. The lowest BCUT2D eigenvalue weighted by Gasteiger charge is -2.34. The summed E-state index contributed by atoms with van der Waals surface area (Å²) in [4.78, 5) is 0. The average molecular weight is 266 g/mol. The summed E-state index contributed by atoms with van der Waals surface area (Å²) in [6.45, 7) is 9.46. The van der Waals surface area contributed by atoms with Gasteiger partial charge in [0.1, 0.15) is 5.75 Å². The molecule has 19 heavy (non-hydrogen) atoms. The number of hydrogen-bond acceptors (Lipinski definition) is 4. The molecule has 0 fully saturated rings. The number of benzene rings is 1. The molecule has 1 rings (SSSR count). The molecule has 0 aliphatic heterocycles. The molecule has 0 saturated heterocycles. The van der Waals surface area contributed by atoms with Crippen LogP contribution < -0.4 is 16.0 Å². The van der Waals surface area contributed by atoms with E-state index in [0.717, 1.165) is 17.7 Å². The zero-order chi connectivity index (χ0) is 14.3. The van der Waals surface area contributed by atoms with Crippen molar-refractivity contribution in [3.8, 4) is 5.75 Å². The van der Waals surface area contributed by atoms with Gasteiger partial charge in [0.15, 0.2) is 0 Å². The first-order chi connectivity index (χ1) is 9.06. The minimum atomic E-state index is -0.408. The van der Waals surface area contributed by atoms with Crippen molar-refractivity contribution in [2.75, 3.05) is 13.2 Å². The van der Waals surface area contributed by atoms with E-state index in [1.807, 2.05) is 45.0 Å². The predicted molar refractivity (Wildman–Crippen MR) is 78.0 cm³/mol. The number of para-hydroxylation sites is 1. The highest BCUT2D eigenvalue weighted by atomic mass is 16.5. The van der Waals surface area contributed by atoms with E-state index in [4.69, 9.17) is 15.3 Å². The van der Waals surface area contributed by atoms with Gasteiger partial charge in [0, 0.05) is 12.2 Å².